The molecule has 0 radical (unpaired) electrons. The Balaban J connectivity index is 2.47. The van der Waals surface area contributed by atoms with Crippen LogP contribution in [0.1, 0.15) is 6.92 Å². The maximum Gasteiger partial charge on any atom is 0.318 e. The highest BCUT2D eigenvalue weighted by molar-refractivity contribution is 8.00. The van der Waals surface area contributed by atoms with Crippen molar-refractivity contribution in [3.8, 4) is 0 Å². The monoisotopic (exact) mass is 279 g/mol. The van der Waals surface area contributed by atoms with Gasteiger partial charge in [0.25, 0.3) is 5.56 Å². The van der Waals surface area contributed by atoms with E-state index >= 15 is 0 Å². The van der Waals surface area contributed by atoms with Gasteiger partial charge in [-0.1, -0.05) is 23.9 Å². The van der Waals surface area contributed by atoms with Gasteiger partial charge in [0.05, 0.1) is 18.0 Å². The fourth-order valence-corrected chi connectivity index (χ4v) is 2.44. The Morgan fingerprint density at radius 3 is 2.84 bits per heavy atom. The third-order valence-electron chi connectivity index (χ3n) is 2.59. The van der Waals surface area contributed by atoms with Gasteiger partial charge in [-0.2, -0.15) is 0 Å². The lowest BCUT2D eigenvalue weighted by molar-refractivity contribution is -0.139. The van der Waals surface area contributed by atoms with Crippen LogP contribution in [0.2, 0.25) is 0 Å². The van der Waals surface area contributed by atoms with Gasteiger partial charge in [0, 0.05) is 0 Å². The number of methoxy groups -OCH3 is 1. The molecule has 0 amide bonds. The molecule has 0 spiro atoms. The number of aromatic nitrogens is 2. The molecule has 6 nitrogen and oxygen atoms in total. The maximum atomic E-state index is 12.0. The Kier molecular flexibility index (Phi) is 3.75. The third kappa shape index (κ3) is 2.55. The minimum atomic E-state index is -0.493. The van der Waals surface area contributed by atoms with Crippen LogP contribution in [0.15, 0.2) is 34.2 Å². The van der Waals surface area contributed by atoms with Gasteiger partial charge in [0.2, 0.25) is 0 Å². The summed E-state index contributed by atoms with van der Waals surface area (Å²) < 4.78 is 5.58. The van der Waals surface area contributed by atoms with Crippen LogP contribution >= 0.6 is 11.8 Å². The number of nitrogens with zero attached hydrogens (tertiary/aromatic N) is 2. The quantitative estimate of drug-likeness (QED) is 0.386. The second-order valence-corrected chi connectivity index (χ2v) is 5.18. The summed E-state index contributed by atoms with van der Waals surface area (Å²) in [4.78, 5) is 27.7. The number of carbonyl (C=O) groups excluding carboxylic acids is 1. The number of ether oxygens (including phenoxy) is 1. The minimum Gasteiger partial charge on any atom is -0.468 e. The number of para-hydroxylation sites is 1. The summed E-state index contributed by atoms with van der Waals surface area (Å²) in [5.74, 6) is 5.31. The van der Waals surface area contributed by atoms with Crippen molar-refractivity contribution in [2.24, 2.45) is 0 Å². The van der Waals surface area contributed by atoms with Gasteiger partial charge in [0.15, 0.2) is 5.16 Å². The molecule has 1 aromatic carbocycles. The Labute approximate surface area is 113 Å². The highest BCUT2D eigenvalue weighted by Gasteiger charge is 2.18. The van der Waals surface area contributed by atoms with Crippen LogP contribution in [0, 0.1) is 0 Å². The number of fused-ring (bicyclic) bond motifs is 1. The number of hydrogen-bond acceptors (Lipinski definition) is 6. The van der Waals surface area contributed by atoms with E-state index in [1.54, 1.807) is 31.2 Å². The molecule has 2 N–H and O–H groups in total. The summed E-state index contributed by atoms with van der Waals surface area (Å²) in [6.07, 6.45) is 0. The predicted octanol–water partition coefficient (Wildman–Crippen LogP) is 0.764. The van der Waals surface area contributed by atoms with E-state index in [2.05, 4.69) is 9.72 Å². The van der Waals surface area contributed by atoms with Gasteiger partial charge in [-0.3, -0.25) is 9.59 Å². The number of nitrogen functional groups attached to an aromatic ring is 1. The van der Waals surface area contributed by atoms with Crippen molar-refractivity contribution in [2.75, 3.05) is 13.0 Å². The van der Waals surface area contributed by atoms with Gasteiger partial charge in [-0.25, -0.2) is 9.66 Å². The molecule has 2 aromatic rings. The SMILES string of the molecule is COC(=O)C(C)Sc1nc2ccccc2c(=O)n1N. The van der Waals surface area contributed by atoms with Gasteiger partial charge < -0.3 is 10.6 Å². The zero-order chi connectivity index (χ0) is 14.0. The first kappa shape index (κ1) is 13.4. The number of carbonyl (C=O) groups is 1. The van der Waals surface area contributed by atoms with E-state index in [1.807, 2.05) is 0 Å². The molecule has 0 fully saturated rings. The smallest absolute Gasteiger partial charge is 0.318 e. The Morgan fingerprint density at radius 2 is 2.16 bits per heavy atom. The molecule has 100 valence electrons. The zero-order valence-corrected chi connectivity index (χ0v) is 11.3. The van der Waals surface area contributed by atoms with Crippen molar-refractivity contribution in [3.63, 3.8) is 0 Å². The lowest BCUT2D eigenvalue weighted by Gasteiger charge is -2.11. The molecule has 0 saturated carbocycles. The largest absolute Gasteiger partial charge is 0.468 e. The molecule has 19 heavy (non-hydrogen) atoms. The predicted molar refractivity (Wildman–Crippen MR) is 73.5 cm³/mol. The number of esters is 1. The van der Waals surface area contributed by atoms with Gasteiger partial charge >= 0.3 is 5.97 Å². The molecule has 1 atom stereocenters. The van der Waals surface area contributed by atoms with E-state index < -0.39 is 11.2 Å². The first-order valence-electron chi connectivity index (χ1n) is 5.56. The molecule has 0 saturated heterocycles. The van der Waals surface area contributed by atoms with Gasteiger partial charge in [0.1, 0.15) is 5.25 Å². The summed E-state index contributed by atoms with van der Waals surface area (Å²) >= 11 is 1.08. The summed E-state index contributed by atoms with van der Waals surface area (Å²) in [7, 11) is 1.31. The second kappa shape index (κ2) is 5.31. The van der Waals surface area contributed by atoms with Crippen molar-refractivity contribution in [3.05, 3.63) is 34.6 Å². The molecule has 1 unspecified atom stereocenters. The summed E-state index contributed by atoms with van der Waals surface area (Å²) in [6, 6.07) is 6.92. The van der Waals surface area contributed by atoms with E-state index in [0.29, 0.717) is 10.9 Å². The van der Waals surface area contributed by atoms with E-state index in [1.165, 1.54) is 7.11 Å². The van der Waals surface area contributed by atoms with Crippen molar-refractivity contribution < 1.29 is 9.53 Å². The van der Waals surface area contributed by atoms with Crippen LogP contribution in [-0.2, 0) is 9.53 Å². The molecule has 0 bridgehead atoms. The van der Waals surface area contributed by atoms with Crippen LogP contribution in [0.4, 0.5) is 0 Å². The van der Waals surface area contributed by atoms with Crippen molar-refractivity contribution in [1.29, 1.82) is 0 Å². The van der Waals surface area contributed by atoms with Crippen molar-refractivity contribution in [2.45, 2.75) is 17.3 Å². The summed E-state index contributed by atoms with van der Waals surface area (Å²) in [5.41, 5.74) is 0.207. The van der Waals surface area contributed by atoms with E-state index in [0.717, 1.165) is 16.4 Å². The van der Waals surface area contributed by atoms with Crippen LogP contribution < -0.4 is 11.4 Å². The average molecular weight is 279 g/mol. The van der Waals surface area contributed by atoms with Crippen LogP contribution in [-0.4, -0.2) is 28.0 Å². The second-order valence-electron chi connectivity index (χ2n) is 3.87. The number of benzene rings is 1. The fraction of sp³-hybridized carbons (Fsp3) is 0.250. The van der Waals surface area contributed by atoms with E-state index in [-0.39, 0.29) is 10.7 Å². The maximum absolute atomic E-state index is 12.0. The van der Waals surface area contributed by atoms with Crippen molar-refractivity contribution in [1.82, 2.24) is 9.66 Å². The molecule has 0 aliphatic carbocycles. The zero-order valence-electron chi connectivity index (χ0n) is 10.5. The average Bonchev–Trinajstić information content (AvgIpc) is 2.43. The molecule has 1 heterocycles. The van der Waals surface area contributed by atoms with Crippen molar-refractivity contribution >= 4 is 28.6 Å². The standard InChI is InChI=1S/C12H13N3O3S/c1-7(11(17)18-2)19-12-14-9-6-4-3-5-8(9)10(16)15(12)13/h3-7H,13H2,1-2H3. The lowest BCUT2D eigenvalue weighted by atomic mass is 10.2. The first-order valence-corrected chi connectivity index (χ1v) is 6.44. The number of thioether (sulfide) groups is 1. The molecule has 7 heteroatoms. The highest BCUT2D eigenvalue weighted by Crippen LogP contribution is 2.21. The molecular formula is C12H13N3O3S. The third-order valence-corrected chi connectivity index (χ3v) is 3.64. The van der Waals surface area contributed by atoms with Crippen LogP contribution in [0.25, 0.3) is 10.9 Å². The highest BCUT2D eigenvalue weighted by atomic mass is 32.2. The molecular weight excluding hydrogens is 266 g/mol. The van der Waals surface area contributed by atoms with Gasteiger partial charge in [-0.05, 0) is 19.1 Å². The molecule has 1 aromatic heterocycles. The van der Waals surface area contributed by atoms with Crippen LogP contribution in [0.3, 0.4) is 0 Å². The fourth-order valence-electron chi connectivity index (χ4n) is 1.58. The van der Waals surface area contributed by atoms with Gasteiger partial charge in [-0.15, -0.1) is 0 Å². The summed E-state index contributed by atoms with van der Waals surface area (Å²) in [5, 5.41) is 0.231. The normalized spacial score (nSPS) is 12.3. The minimum absolute atomic E-state index is 0.279. The number of rotatable bonds is 3. The summed E-state index contributed by atoms with van der Waals surface area (Å²) in [6.45, 7) is 1.66. The number of nitrogens with two attached hydrogens (primary N) is 1. The van der Waals surface area contributed by atoms with E-state index in [9.17, 15) is 9.59 Å². The first-order chi connectivity index (χ1) is 9.04. The molecule has 0 aliphatic rings. The lowest BCUT2D eigenvalue weighted by Crippen LogP contribution is -2.30. The topological polar surface area (TPSA) is 87.2 Å². The Hall–Kier alpha value is -2.02. The van der Waals surface area contributed by atoms with Crippen LogP contribution in [0.5, 0.6) is 0 Å². The van der Waals surface area contributed by atoms with E-state index in [4.69, 9.17) is 5.84 Å². The number of hydrogen-bond donors (Lipinski definition) is 1. The molecule has 2 rings (SSSR count). The molecule has 0 aliphatic heterocycles. The Morgan fingerprint density at radius 1 is 1.47 bits per heavy atom. The Bertz CT molecular complexity index is 683.